The fourth-order valence-corrected chi connectivity index (χ4v) is 1.88. The van der Waals surface area contributed by atoms with Crippen LogP contribution in [0, 0.1) is 0 Å². The first-order valence-corrected chi connectivity index (χ1v) is 6.50. The second-order valence-electron chi connectivity index (χ2n) is 4.43. The average Bonchev–Trinajstić information content (AvgIpc) is 2.35. The Bertz CT molecular complexity index is 224. The molecule has 1 rings (SSSR count). The van der Waals surface area contributed by atoms with E-state index in [1.807, 2.05) is 0 Å². The molecular weight excluding hydrogens is 218 g/mol. The van der Waals surface area contributed by atoms with Gasteiger partial charge in [0, 0.05) is 32.7 Å². The number of ether oxygens (including phenoxy) is 1. The zero-order valence-corrected chi connectivity index (χ0v) is 11.3. The van der Waals surface area contributed by atoms with E-state index in [2.05, 4.69) is 30.7 Å². The standard InChI is InChI=1S/C12H25N3O2/c1-4-14(5-2)10-11-17-12(16)15-8-6-13(3)7-9-15/h4-11H2,1-3H3. The van der Waals surface area contributed by atoms with E-state index in [-0.39, 0.29) is 6.09 Å². The molecule has 0 spiro atoms. The van der Waals surface area contributed by atoms with Gasteiger partial charge in [0.1, 0.15) is 6.61 Å². The van der Waals surface area contributed by atoms with E-state index in [0.29, 0.717) is 6.61 Å². The molecule has 1 amide bonds. The molecule has 1 aliphatic rings. The van der Waals surface area contributed by atoms with Gasteiger partial charge in [0.2, 0.25) is 0 Å². The monoisotopic (exact) mass is 243 g/mol. The summed E-state index contributed by atoms with van der Waals surface area (Å²) in [5, 5.41) is 0. The SMILES string of the molecule is CCN(CC)CCOC(=O)N1CCN(C)CC1. The van der Waals surface area contributed by atoms with Crippen molar-refractivity contribution >= 4 is 6.09 Å². The van der Waals surface area contributed by atoms with Crippen LogP contribution in [0.5, 0.6) is 0 Å². The lowest BCUT2D eigenvalue weighted by Crippen LogP contribution is -2.47. The second-order valence-corrected chi connectivity index (χ2v) is 4.43. The summed E-state index contributed by atoms with van der Waals surface area (Å²) in [4.78, 5) is 18.0. The van der Waals surface area contributed by atoms with Crippen molar-refractivity contribution in [2.45, 2.75) is 13.8 Å². The summed E-state index contributed by atoms with van der Waals surface area (Å²) in [5.74, 6) is 0. The van der Waals surface area contributed by atoms with Gasteiger partial charge in [-0.15, -0.1) is 0 Å². The van der Waals surface area contributed by atoms with Crippen molar-refractivity contribution in [2.75, 3.05) is 59.5 Å². The predicted molar refractivity (Wildman–Crippen MR) is 68.2 cm³/mol. The van der Waals surface area contributed by atoms with E-state index in [1.165, 1.54) is 0 Å². The van der Waals surface area contributed by atoms with Crippen LogP contribution in [0.4, 0.5) is 4.79 Å². The number of carbonyl (C=O) groups excluding carboxylic acids is 1. The Morgan fingerprint density at radius 1 is 1.18 bits per heavy atom. The Balaban J connectivity index is 2.16. The summed E-state index contributed by atoms with van der Waals surface area (Å²) in [7, 11) is 2.07. The van der Waals surface area contributed by atoms with E-state index in [0.717, 1.165) is 45.8 Å². The van der Waals surface area contributed by atoms with Crippen molar-refractivity contribution in [3.63, 3.8) is 0 Å². The van der Waals surface area contributed by atoms with Gasteiger partial charge in [-0.2, -0.15) is 0 Å². The molecule has 0 aliphatic carbocycles. The zero-order chi connectivity index (χ0) is 12.7. The maximum atomic E-state index is 11.7. The van der Waals surface area contributed by atoms with Gasteiger partial charge in [0.15, 0.2) is 0 Å². The fraction of sp³-hybridized carbons (Fsp3) is 0.917. The molecule has 100 valence electrons. The third kappa shape index (κ3) is 4.91. The number of nitrogens with zero attached hydrogens (tertiary/aromatic N) is 3. The van der Waals surface area contributed by atoms with Crippen LogP contribution in [-0.4, -0.2) is 80.3 Å². The van der Waals surface area contributed by atoms with Gasteiger partial charge in [-0.1, -0.05) is 13.8 Å². The normalized spacial score (nSPS) is 17.5. The highest BCUT2D eigenvalue weighted by Gasteiger charge is 2.19. The van der Waals surface area contributed by atoms with Crippen molar-refractivity contribution in [2.24, 2.45) is 0 Å². The maximum absolute atomic E-state index is 11.7. The number of hydrogen-bond acceptors (Lipinski definition) is 4. The largest absolute Gasteiger partial charge is 0.448 e. The van der Waals surface area contributed by atoms with Gasteiger partial charge in [-0.05, 0) is 20.1 Å². The zero-order valence-electron chi connectivity index (χ0n) is 11.3. The minimum atomic E-state index is -0.162. The van der Waals surface area contributed by atoms with Crippen molar-refractivity contribution < 1.29 is 9.53 Å². The van der Waals surface area contributed by atoms with E-state index in [1.54, 1.807) is 4.90 Å². The van der Waals surface area contributed by atoms with Crippen LogP contribution in [0.15, 0.2) is 0 Å². The number of likely N-dealkylation sites (N-methyl/N-ethyl adjacent to an activating group) is 2. The molecule has 1 aliphatic heterocycles. The minimum absolute atomic E-state index is 0.162. The second kappa shape index (κ2) is 7.50. The van der Waals surface area contributed by atoms with Crippen LogP contribution < -0.4 is 0 Å². The van der Waals surface area contributed by atoms with E-state index >= 15 is 0 Å². The molecule has 0 unspecified atom stereocenters. The number of hydrogen-bond donors (Lipinski definition) is 0. The first-order valence-electron chi connectivity index (χ1n) is 6.50. The Morgan fingerprint density at radius 2 is 1.76 bits per heavy atom. The van der Waals surface area contributed by atoms with Gasteiger partial charge < -0.3 is 19.4 Å². The molecule has 0 atom stereocenters. The summed E-state index contributed by atoms with van der Waals surface area (Å²) >= 11 is 0. The van der Waals surface area contributed by atoms with Crippen molar-refractivity contribution in [1.29, 1.82) is 0 Å². The number of piperazine rings is 1. The lowest BCUT2D eigenvalue weighted by molar-refractivity contribution is 0.0743. The molecule has 1 heterocycles. The highest BCUT2D eigenvalue weighted by Crippen LogP contribution is 2.01. The molecule has 0 aromatic carbocycles. The summed E-state index contributed by atoms with van der Waals surface area (Å²) in [6.45, 7) is 11.0. The molecule has 0 radical (unpaired) electrons. The Labute approximate surface area is 104 Å². The molecule has 0 aromatic heterocycles. The molecule has 5 heteroatoms. The number of rotatable bonds is 5. The van der Waals surface area contributed by atoms with E-state index < -0.39 is 0 Å². The Kier molecular flexibility index (Phi) is 6.29. The Hall–Kier alpha value is -0.810. The van der Waals surface area contributed by atoms with Crippen molar-refractivity contribution in [3.8, 4) is 0 Å². The first kappa shape index (κ1) is 14.3. The average molecular weight is 243 g/mol. The summed E-state index contributed by atoms with van der Waals surface area (Å²) in [6.07, 6.45) is -0.162. The lowest BCUT2D eigenvalue weighted by atomic mass is 10.3. The molecule has 1 fully saturated rings. The van der Waals surface area contributed by atoms with E-state index in [4.69, 9.17) is 4.74 Å². The van der Waals surface area contributed by atoms with Gasteiger partial charge in [-0.3, -0.25) is 0 Å². The topological polar surface area (TPSA) is 36.0 Å². The molecule has 0 aromatic rings. The third-order valence-corrected chi connectivity index (χ3v) is 3.29. The first-order chi connectivity index (χ1) is 8.17. The van der Waals surface area contributed by atoms with Crippen LogP contribution in [0.2, 0.25) is 0 Å². The van der Waals surface area contributed by atoms with Crippen molar-refractivity contribution in [1.82, 2.24) is 14.7 Å². The molecule has 5 nitrogen and oxygen atoms in total. The van der Waals surface area contributed by atoms with Crippen LogP contribution >= 0.6 is 0 Å². The quantitative estimate of drug-likeness (QED) is 0.712. The molecule has 1 saturated heterocycles. The van der Waals surface area contributed by atoms with Crippen molar-refractivity contribution in [3.05, 3.63) is 0 Å². The fourth-order valence-electron chi connectivity index (χ4n) is 1.88. The highest BCUT2D eigenvalue weighted by molar-refractivity contribution is 5.67. The minimum Gasteiger partial charge on any atom is -0.448 e. The Morgan fingerprint density at radius 3 is 2.29 bits per heavy atom. The van der Waals surface area contributed by atoms with Gasteiger partial charge >= 0.3 is 6.09 Å². The molecule has 17 heavy (non-hydrogen) atoms. The summed E-state index contributed by atoms with van der Waals surface area (Å²) in [6, 6.07) is 0. The lowest BCUT2D eigenvalue weighted by Gasteiger charge is -2.31. The summed E-state index contributed by atoms with van der Waals surface area (Å²) < 4.78 is 5.28. The van der Waals surface area contributed by atoms with Crippen LogP contribution in [-0.2, 0) is 4.74 Å². The maximum Gasteiger partial charge on any atom is 0.409 e. The van der Waals surface area contributed by atoms with Gasteiger partial charge in [-0.25, -0.2) is 4.79 Å². The van der Waals surface area contributed by atoms with Crippen LogP contribution in [0.1, 0.15) is 13.8 Å². The van der Waals surface area contributed by atoms with Gasteiger partial charge in [0.05, 0.1) is 0 Å². The predicted octanol–water partition coefficient (Wildman–Crippen LogP) is 0.712. The smallest absolute Gasteiger partial charge is 0.409 e. The van der Waals surface area contributed by atoms with Crippen LogP contribution in [0.3, 0.4) is 0 Å². The van der Waals surface area contributed by atoms with E-state index in [9.17, 15) is 4.79 Å². The molecule has 0 saturated carbocycles. The molecule has 0 bridgehead atoms. The molecule has 0 N–H and O–H groups in total. The highest BCUT2D eigenvalue weighted by atomic mass is 16.6. The third-order valence-electron chi connectivity index (χ3n) is 3.29. The number of carbonyl (C=O) groups is 1. The summed E-state index contributed by atoms with van der Waals surface area (Å²) in [5.41, 5.74) is 0. The number of amides is 1. The van der Waals surface area contributed by atoms with Gasteiger partial charge in [0.25, 0.3) is 0 Å². The van der Waals surface area contributed by atoms with Crippen LogP contribution in [0.25, 0.3) is 0 Å². The molecular formula is C12H25N3O2.